The molecule has 4 nitrogen and oxygen atoms in total. The van der Waals surface area contributed by atoms with E-state index in [2.05, 4.69) is 24.1 Å². The Kier molecular flexibility index (Phi) is 6.58. The zero-order valence-electron chi connectivity index (χ0n) is 13.7. The Morgan fingerprint density at radius 1 is 1.38 bits per heavy atom. The van der Waals surface area contributed by atoms with Gasteiger partial charge in [-0.05, 0) is 56.7 Å². The number of nitrogens with one attached hydrogen (secondary N) is 1. The van der Waals surface area contributed by atoms with Crippen molar-refractivity contribution in [2.24, 2.45) is 5.92 Å². The topological polar surface area (TPSA) is 47.0 Å². The van der Waals surface area contributed by atoms with Gasteiger partial charge in [0.1, 0.15) is 6.10 Å². The highest BCUT2D eigenvalue weighted by molar-refractivity contribution is 5.22. The van der Waals surface area contributed by atoms with Gasteiger partial charge in [0.25, 0.3) is 0 Å². The average Bonchev–Trinajstić information content (AvgIpc) is 2.52. The van der Waals surface area contributed by atoms with E-state index >= 15 is 0 Å². The van der Waals surface area contributed by atoms with Crippen LogP contribution in [0.25, 0.3) is 0 Å². The number of ether oxygens (including phenoxy) is 1. The second-order valence-corrected chi connectivity index (χ2v) is 6.03. The van der Waals surface area contributed by atoms with E-state index in [9.17, 15) is 0 Å². The van der Waals surface area contributed by atoms with Crippen molar-refractivity contribution in [2.45, 2.75) is 58.5 Å². The Morgan fingerprint density at radius 3 is 2.95 bits per heavy atom. The molecule has 0 bridgehead atoms. The van der Waals surface area contributed by atoms with Crippen LogP contribution in [0.2, 0.25) is 0 Å². The van der Waals surface area contributed by atoms with Crippen molar-refractivity contribution < 1.29 is 4.74 Å². The molecule has 1 aromatic heterocycles. The molecule has 118 valence electrons. The molecule has 21 heavy (non-hydrogen) atoms. The van der Waals surface area contributed by atoms with Crippen molar-refractivity contribution in [1.29, 1.82) is 0 Å². The van der Waals surface area contributed by atoms with E-state index in [1.165, 1.54) is 24.1 Å². The van der Waals surface area contributed by atoms with Crippen LogP contribution in [0.15, 0.2) is 6.20 Å². The molecule has 4 heteroatoms. The molecule has 0 amide bonds. The van der Waals surface area contributed by atoms with E-state index in [0.29, 0.717) is 0 Å². The van der Waals surface area contributed by atoms with Crippen LogP contribution in [-0.2, 0) is 17.6 Å². The van der Waals surface area contributed by atoms with Crippen LogP contribution >= 0.6 is 0 Å². The average molecular weight is 291 g/mol. The van der Waals surface area contributed by atoms with Crippen LogP contribution < -0.4 is 5.32 Å². The van der Waals surface area contributed by atoms with E-state index in [4.69, 9.17) is 9.72 Å². The quantitative estimate of drug-likeness (QED) is 0.748. The molecule has 0 fully saturated rings. The maximum absolute atomic E-state index is 5.52. The molecule has 0 saturated carbocycles. The van der Waals surface area contributed by atoms with E-state index in [-0.39, 0.29) is 6.10 Å². The van der Waals surface area contributed by atoms with E-state index in [1.54, 1.807) is 7.11 Å². The summed E-state index contributed by atoms with van der Waals surface area (Å²) in [6.45, 7) is 6.61. The number of hydrogen-bond donors (Lipinski definition) is 1. The van der Waals surface area contributed by atoms with Crippen LogP contribution in [0.1, 0.15) is 62.7 Å². The van der Waals surface area contributed by atoms with Gasteiger partial charge < -0.3 is 10.1 Å². The minimum Gasteiger partial charge on any atom is -0.373 e. The van der Waals surface area contributed by atoms with Crippen LogP contribution in [-0.4, -0.2) is 30.2 Å². The molecule has 2 unspecified atom stereocenters. The fourth-order valence-corrected chi connectivity index (χ4v) is 3.03. The fourth-order valence-electron chi connectivity index (χ4n) is 3.03. The first-order chi connectivity index (χ1) is 10.3. The molecular weight excluding hydrogens is 262 g/mol. The minimum absolute atomic E-state index is 0.0456. The van der Waals surface area contributed by atoms with Crippen LogP contribution in [0.3, 0.4) is 0 Å². The maximum atomic E-state index is 5.52. The number of aromatic nitrogens is 2. The summed E-state index contributed by atoms with van der Waals surface area (Å²) in [5, 5.41) is 3.53. The maximum Gasteiger partial charge on any atom is 0.157 e. The monoisotopic (exact) mass is 291 g/mol. The van der Waals surface area contributed by atoms with Gasteiger partial charge in [0.15, 0.2) is 5.82 Å². The van der Waals surface area contributed by atoms with Gasteiger partial charge in [-0.2, -0.15) is 0 Å². The smallest absolute Gasteiger partial charge is 0.157 e. The zero-order valence-corrected chi connectivity index (χ0v) is 13.7. The number of aryl methyl sites for hydroxylation is 1. The third-order valence-corrected chi connectivity index (χ3v) is 4.25. The standard InChI is InChI=1S/C17H29N3O/c1-4-6-16(21-3)17-19-12-14-10-13(11-18-9-5-2)7-8-15(14)20-17/h12-13,16,18H,4-11H2,1-3H3. The van der Waals surface area contributed by atoms with Crippen molar-refractivity contribution in [3.8, 4) is 0 Å². The first-order valence-corrected chi connectivity index (χ1v) is 8.36. The summed E-state index contributed by atoms with van der Waals surface area (Å²) >= 11 is 0. The molecule has 1 heterocycles. The highest BCUT2D eigenvalue weighted by Crippen LogP contribution is 2.26. The SMILES string of the molecule is CCCNCC1CCc2nc(C(CCC)OC)ncc2C1. The molecule has 0 aliphatic heterocycles. The third kappa shape index (κ3) is 4.48. The lowest BCUT2D eigenvalue weighted by atomic mass is 9.87. The summed E-state index contributed by atoms with van der Waals surface area (Å²) in [5.74, 6) is 1.59. The summed E-state index contributed by atoms with van der Waals surface area (Å²) in [6.07, 6.45) is 8.76. The van der Waals surface area contributed by atoms with Gasteiger partial charge in [0, 0.05) is 19.0 Å². The molecule has 0 radical (unpaired) electrons. The number of methoxy groups -OCH3 is 1. The molecule has 1 aromatic rings. The van der Waals surface area contributed by atoms with Crippen molar-refractivity contribution in [3.63, 3.8) is 0 Å². The Balaban J connectivity index is 1.99. The second kappa shape index (κ2) is 8.44. The molecule has 0 spiro atoms. The zero-order chi connectivity index (χ0) is 15.1. The first-order valence-electron chi connectivity index (χ1n) is 8.36. The second-order valence-electron chi connectivity index (χ2n) is 6.03. The van der Waals surface area contributed by atoms with E-state index < -0.39 is 0 Å². The van der Waals surface area contributed by atoms with Gasteiger partial charge in [-0.25, -0.2) is 9.97 Å². The number of fused-ring (bicyclic) bond motifs is 1. The summed E-state index contributed by atoms with van der Waals surface area (Å²) in [4.78, 5) is 9.33. The molecule has 2 rings (SSSR count). The first kappa shape index (κ1) is 16.4. The minimum atomic E-state index is 0.0456. The highest BCUT2D eigenvalue weighted by atomic mass is 16.5. The summed E-state index contributed by atoms with van der Waals surface area (Å²) in [5.41, 5.74) is 2.57. The predicted molar refractivity (Wildman–Crippen MR) is 85.4 cm³/mol. The van der Waals surface area contributed by atoms with Gasteiger partial charge in [-0.1, -0.05) is 20.3 Å². The molecular formula is C17H29N3O. The Hall–Kier alpha value is -1.00. The molecule has 1 aliphatic rings. The molecule has 1 N–H and O–H groups in total. The summed E-state index contributed by atoms with van der Waals surface area (Å²) in [6, 6.07) is 0. The third-order valence-electron chi connectivity index (χ3n) is 4.25. The Morgan fingerprint density at radius 2 is 2.24 bits per heavy atom. The fraction of sp³-hybridized carbons (Fsp3) is 0.765. The van der Waals surface area contributed by atoms with Gasteiger partial charge in [-0.3, -0.25) is 0 Å². The van der Waals surface area contributed by atoms with E-state index in [0.717, 1.165) is 50.5 Å². The van der Waals surface area contributed by atoms with Crippen molar-refractivity contribution >= 4 is 0 Å². The van der Waals surface area contributed by atoms with Crippen LogP contribution in [0.5, 0.6) is 0 Å². The largest absolute Gasteiger partial charge is 0.373 e. The Labute approximate surface area is 128 Å². The van der Waals surface area contributed by atoms with Crippen molar-refractivity contribution in [3.05, 3.63) is 23.3 Å². The predicted octanol–water partition coefficient (Wildman–Crippen LogP) is 3.07. The van der Waals surface area contributed by atoms with Crippen LogP contribution in [0, 0.1) is 5.92 Å². The molecule has 1 aliphatic carbocycles. The molecule has 0 aromatic carbocycles. The number of rotatable bonds is 8. The van der Waals surface area contributed by atoms with Gasteiger partial charge in [0.2, 0.25) is 0 Å². The van der Waals surface area contributed by atoms with E-state index in [1.807, 2.05) is 6.20 Å². The van der Waals surface area contributed by atoms with Gasteiger partial charge in [0.05, 0.1) is 0 Å². The molecule has 0 saturated heterocycles. The van der Waals surface area contributed by atoms with Crippen LogP contribution in [0.4, 0.5) is 0 Å². The summed E-state index contributed by atoms with van der Waals surface area (Å²) in [7, 11) is 1.75. The Bertz CT molecular complexity index is 436. The van der Waals surface area contributed by atoms with Crippen molar-refractivity contribution in [1.82, 2.24) is 15.3 Å². The lowest BCUT2D eigenvalue weighted by Gasteiger charge is -2.25. The normalized spacial score (nSPS) is 19.3. The van der Waals surface area contributed by atoms with Crippen molar-refractivity contribution in [2.75, 3.05) is 20.2 Å². The lowest BCUT2D eigenvalue weighted by molar-refractivity contribution is 0.0872. The summed E-state index contributed by atoms with van der Waals surface area (Å²) < 4.78 is 5.52. The molecule has 2 atom stereocenters. The van der Waals surface area contributed by atoms with Gasteiger partial charge in [-0.15, -0.1) is 0 Å². The number of nitrogens with zero attached hydrogens (tertiary/aromatic N) is 2. The van der Waals surface area contributed by atoms with Gasteiger partial charge >= 0.3 is 0 Å². The highest BCUT2D eigenvalue weighted by Gasteiger charge is 2.22. The number of hydrogen-bond acceptors (Lipinski definition) is 4. The lowest BCUT2D eigenvalue weighted by Crippen LogP contribution is -2.28.